The number of aromatic hydroxyl groups is 2. The molecule has 11 heteroatoms. The Morgan fingerprint density at radius 3 is 2.47 bits per heavy atom. The summed E-state index contributed by atoms with van der Waals surface area (Å²) in [6.45, 7) is -0.103. The first-order chi connectivity index (χ1) is 31.1. The van der Waals surface area contributed by atoms with Crippen molar-refractivity contribution >= 4 is 29.5 Å². The van der Waals surface area contributed by atoms with Gasteiger partial charge in [-0.2, -0.15) is 0 Å². The van der Waals surface area contributed by atoms with Crippen LogP contribution in [0.25, 0.3) is 12.2 Å². The Balaban J connectivity index is 1.13. The van der Waals surface area contributed by atoms with Crippen molar-refractivity contribution in [2.24, 2.45) is 11.8 Å². The first-order valence-electron chi connectivity index (χ1n) is 23.0. The Morgan fingerprint density at radius 2 is 1.64 bits per heavy atom. The number of phenolic OH excluding ortho intramolecular Hbond substituents is 2. The van der Waals surface area contributed by atoms with E-state index < -0.39 is 23.4 Å². The van der Waals surface area contributed by atoms with Crippen LogP contribution in [-0.4, -0.2) is 78.5 Å². The average Bonchev–Trinajstić information content (AvgIpc) is 4.06. The summed E-state index contributed by atoms with van der Waals surface area (Å²) < 4.78 is 6.44. The summed E-state index contributed by atoms with van der Waals surface area (Å²) in [7, 11) is 0. The zero-order valence-corrected chi connectivity index (χ0v) is 36.2. The van der Waals surface area contributed by atoms with Gasteiger partial charge in [-0.15, -0.1) is 0 Å². The molecule has 9 rings (SSSR count). The highest BCUT2D eigenvalue weighted by molar-refractivity contribution is 6.05. The van der Waals surface area contributed by atoms with E-state index in [1.807, 2.05) is 54.9 Å². The molecule has 3 aliphatic carbocycles. The van der Waals surface area contributed by atoms with Crippen molar-refractivity contribution in [3.8, 4) is 17.2 Å². The fourth-order valence-corrected chi connectivity index (χ4v) is 10.7. The van der Waals surface area contributed by atoms with Gasteiger partial charge in [0.2, 0.25) is 0 Å². The van der Waals surface area contributed by atoms with Gasteiger partial charge in [0, 0.05) is 80.1 Å². The van der Waals surface area contributed by atoms with E-state index in [0.29, 0.717) is 55.4 Å². The third kappa shape index (κ3) is 9.07. The second kappa shape index (κ2) is 18.7. The normalized spacial score (nSPS) is 22.7. The predicted octanol–water partition coefficient (Wildman–Crippen LogP) is 7.86. The van der Waals surface area contributed by atoms with Crippen LogP contribution in [0.1, 0.15) is 113 Å². The largest absolute Gasteiger partial charge is 0.507 e. The number of H-pyrrole nitrogens is 2. The van der Waals surface area contributed by atoms with Gasteiger partial charge in [0.15, 0.2) is 17.3 Å². The van der Waals surface area contributed by atoms with Crippen LogP contribution in [0, 0.1) is 11.8 Å². The van der Waals surface area contributed by atoms with Crippen LogP contribution in [0.3, 0.4) is 0 Å². The summed E-state index contributed by atoms with van der Waals surface area (Å²) >= 11 is 0. The Morgan fingerprint density at radius 1 is 0.812 bits per heavy atom. The molecule has 4 aliphatic rings. The van der Waals surface area contributed by atoms with Crippen LogP contribution in [0.2, 0.25) is 0 Å². The first kappa shape index (κ1) is 43.4. The van der Waals surface area contributed by atoms with Crippen molar-refractivity contribution in [2.45, 2.75) is 101 Å². The van der Waals surface area contributed by atoms with Gasteiger partial charge < -0.3 is 45.6 Å². The standard InChI is InChI=1S/C53H59N3O8/c57-22-16-34-10-8-32-24-37(34)28-36-14-20-55-52(36)56-31-39-29-45-42(15-21-54-45)44(30-53(63)18-12-35-4-3-7-46(59)41(35)13-19-53)49(39)51(62)43(17-23-58)47(60)11-9-33-26-38(25-32)50(61)48(27-33)64-40-5-1-2-6-40/h3-4,7-8,10,13-15,19-21,24,26-27,29,40,43-44,49,54-59,61,63H,1-2,5-6,9,11-12,16-18,22-23,25,28,30-31H2. The van der Waals surface area contributed by atoms with Crippen LogP contribution in [-0.2, 0) is 41.7 Å². The molecule has 5 aromatic rings. The average molecular weight is 866 g/mol. The van der Waals surface area contributed by atoms with Gasteiger partial charge >= 0.3 is 0 Å². The molecule has 4 bridgehead atoms. The van der Waals surface area contributed by atoms with Gasteiger partial charge in [-0.25, -0.2) is 0 Å². The van der Waals surface area contributed by atoms with Crippen LogP contribution in [0.5, 0.6) is 17.2 Å². The van der Waals surface area contributed by atoms with E-state index in [1.54, 1.807) is 24.3 Å². The summed E-state index contributed by atoms with van der Waals surface area (Å²) in [5.74, 6) is -1.66. The molecule has 8 N–H and O–H groups in total. The maximum absolute atomic E-state index is 15.4. The number of aryl methyl sites for hydroxylation is 2. The molecule has 3 heterocycles. The summed E-state index contributed by atoms with van der Waals surface area (Å²) in [6, 6.07) is 19.3. The van der Waals surface area contributed by atoms with Gasteiger partial charge in [-0.1, -0.05) is 48.6 Å². The SMILES string of the molecule is O=C1CCc2cc(c(O)c(OC3CCCC3)c2)Cc2ccc(CCO)c(c2)Cc2cc[nH]c2NCC2=Cc3[nH]ccc3C(CC3(O)C=Cc4c(O)cccc4CC3)C2C(=O)C1CCO. The van der Waals surface area contributed by atoms with E-state index in [-0.39, 0.29) is 68.2 Å². The highest BCUT2D eigenvalue weighted by Crippen LogP contribution is 2.47. The topological polar surface area (TPSA) is 188 Å². The number of benzene rings is 3. The zero-order chi connectivity index (χ0) is 44.4. The molecule has 64 heavy (non-hydrogen) atoms. The van der Waals surface area contributed by atoms with Gasteiger partial charge in [0.05, 0.1) is 17.6 Å². The number of rotatable bonds is 8. The number of aliphatic hydroxyl groups excluding tert-OH is 2. The minimum absolute atomic E-state index is 0.00290. The van der Waals surface area contributed by atoms with Crippen LogP contribution in [0.15, 0.2) is 84.7 Å². The molecular weight excluding hydrogens is 807 g/mol. The van der Waals surface area contributed by atoms with Crippen molar-refractivity contribution in [1.29, 1.82) is 0 Å². The number of Topliss-reactive ketones (excluding diaryl/α,β-unsaturated/α-hetero) is 2. The smallest absolute Gasteiger partial charge is 0.161 e. The third-order valence-corrected chi connectivity index (χ3v) is 14.1. The number of ketones is 2. The van der Waals surface area contributed by atoms with Crippen LogP contribution >= 0.6 is 0 Å². The molecular formula is C53H59N3O8. The third-order valence-electron chi connectivity index (χ3n) is 14.1. The number of phenols is 2. The van der Waals surface area contributed by atoms with Crippen LogP contribution < -0.4 is 10.1 Å². The minimum atomic E-state index is -1.36. The van der Waals surface area contributed by atoms with Gasteiger partial charge in [-0.3, -0.25) is 9.59 Å². The number of aliphatic hydroxyl groups is 3. The number of hydrogen-bond donors (Lipinski definition) is 8. The molecule has 4 unspecified atom stereocenters. The molecule has 0 saturated heterocycles. The molecule has 0 spiro atoms. The Bertz CT molecular complexity index is 2580. The Labute approximate surface area is 373 Å². The van der Waals surface area contributed by atoms with Crippen molar-refractivity contribution < 1.29 is 39.9 Å². The van der Waals surface area contributed by atoms with Crippen molar-refractivity contribution in [3.63, 3.8) is 0 Å². The molecule has 0 radical (unpaired) electrons. The zero-order valence-electron chi connectivity index (χ0n) is 36.2. The van der Waals surface area contributed by atoms with Gasteiger partial charge in [0.25, 0.3) is 0 Å². The molecule has 3 aromatic carbocycles. The maximum atomic E-state index is 15.4. The van der Waals surface area contributed by atoms with E-state index in [2.05, 4.69) is 27.4 Å². The molecule has 1 aliphatic heterocycles. The fraction of sp³-hybridized carbons (Fsp3) is 0.396. The second-order valence-corrected chi connectivity index (χ2v) is 18.4. The lowest BCUT2D eigenvalue weighted by Gasteiger charge is -2.38. The lowest BCUT2D eigenvalue weighted by molar-refractivity contribution is -0.135. The number of carbonyl (C=O) groups excluding carboxylic acids is 2. The Hall–Kier alpha value is -5.88. The number of aromatic nitrogens is 2. The van der Waals surface area contributed by atoms with E-state index in [9.17, 15) is 30.3 Å². The fourth-order valence-electron chi connectivity index (χ4n) is 10.7. The summed E-state index contributed by atoms with van der Waals surface area (Å²) in [6.07, 6.45) is 15.9. The molecule has 334 valence electrons. The number of anilines is 1. The molecule has 2 aromatic heterocycles. The number of ether oxygens (including phenoxy) is 1. The molecule has 11 nitrogen and oxygen atoms in total. The lowest BCUT2D eigenvalue weighted by atomic mass is 9.67. The molecule has 1 fully saturated rings. The second-order valence-electron chi connectivity index (χ2n) is 18.4. The van der Waals surface area contributed by atoms with E-state index >= 15 is 4.79 Å². The highest BCUT2D eigenvalue weighted by atomic mass is 16.5. The van der Waals surface area contributed by atoms with Crippen molar-refractivity contribution in [2.75, 3.05) is 25.1 Å². The molecule has 4 atom stereocenters. The van der Waals surface area contributed by atoms with Gasteiger partial charge in [-0.05, 0) is 139 Å². The highest BCUT2D eigenvalue weighted by Gasteiger charge is 2.45. The van der Waals surface area contributed by atoms with Gasteiger partial charge in [0.1, 0.15) is 17.4 Å². The van der Waals surface area contributed by atoms with Crippen molar-refractivity contribution in [1.82, 2.24) is 9.97 Å². The summed E-state index contributed by atoms with van der Waals surface area (Å²) in [5, 5.41) is 59.0. The van der Waals surface area contributed by atoms with E-state index in [0.717, 1.165) is 81.7 Å². The quantitative estimate of drug-likeness (QED) is 0.0719. The van der Waals surface area contributed by atoms with Crippen LogP contribution in [0.4, 0.5) is 5.82 Å². The number of fused-ring (bicyclic) bond motifs is 8. The first-order valence-corrected chi connectivity index (χ1v) is 23.0. The summed E-state index contributed by atoms with van der Waals surface area (Å²) in [4.78, 5) is 36.8. The minimum Gasteiger partial charge on any atom is -0.507 e. The molecule has 1 saturated carbocycles. The van der Waals surface area contributed by atoms with E-state index in [1.165, 1.54) is 0 Å². The number of hydrogen-bond acceptors (Lipinski definition) is 9. The Kier molecular flexibility index (Phi) is 12.7. The van der Waals surface area contributed by atoms with Crippen molar-refractivity contribution in [3.05, 3.63) is 140 Å². The molecule has 0 amide bonds. The number of carbonyl (C=O) groups is 2. The van der Waals surface area contributed by atoms with E-state index in [4.69, 9.17) is 4.74 Å². The lowest BCUT2D eigenvalue weighted by Crippen LogP contribution is -2.40. The maximum Gasteiger partial charge on any atom is 0.161 e. The number of nitrogens with one attached hydrogen (secondary N) is 3. The predicted molar refractivity (Wildman–Crippen MR) is 247 cm³/mol. The number of aromatic amines is 2. The summed E-state index contributed by atoms with van der Waals surface area (Å²) in [5.41, 5.74) is 8.20. The monoisotopic (exact) mass is 865 g/mol.